The average Bonchev–Trinajstić information content (AvgIpc) is 2.06. The lowest BCUT2D eigenvalue weighted by Crippen LogP contribution is -2.15. The lowest BCUT2D eigenvalue weighted by Gasteiger charge is -2.12. The molecule has 0 amide bonds. The van der Waals surface area contributed by atoms with Gasteiger partial charge < -0.3 is 4.74 Å². The van der Waals surface area contributed by atoms with E-state index in [4.69, 9.17) is 0 Å². The summed E-state index contributed by atoms with van der Waals surface area (Å²) in [6, 6.07) is 8.07. The Kier molecular flexibility index (Phi) is 2.19. The van der Waals surface area contributed by atoms with Crippen molar-refractivity contribution in [3.05, 3.63) is 35.9 Å². The van der Waals surface area contributed by atoms with E-state index in [-0.39, 0.29) is 5.56 Å². The third-order valence-electron chi connectivity index (χ3n) is 1.30. The first kappa shape index (κ1) is 8.14. The quantitative estimate of drug-likeness (QED) is 0.639. The Balaban J connectivity index is 2.93. The first-order valence-corrected chi connectivity index (χ1v) is 3.06. The fourth-order valence-corrected chi connectivity index (χ4v) is 0.692. The molecule has 0 aliphatic carbocycles. The minimum atomic E-state index is -3.20. The second kappa shape index (κ2) is 2.96. The van der Waals surface area contributed by atoms with Gasteiger partial charge in [-0.25, -0.2) is 0 Å². The highest BCUT2D eigenvalue weighted by atomic mass is 19.3. The molecular formula is C8H7F2O. The van der Waals surface area contributed by atoms with Gasteiger partial charge in [0.05, 0.1) is 5.56 Å². The largest absolute Gasteiger partial charge is 0.383 e. The Morgan fingerprint density at radius 2 is 2.27 bits per heavy atom. The summed E-state index contributed by atoms with van der Waals surface area (Å²) in [6.07, 6.45) is -3.20. The molecule has 0 saturated carbocycles. The van der Waals surface area contributed by atoms with E-state index in [9.17, 15) is 8.78 Å². The van der Waals surface area contributed by atoms with Gasteiger partial charge in [0.25, 0.3) is 0 Å². The minimum Gasteiger partial charge on any atom is -0.320 e. The number of methoxy groups -OCH3 is 1. The van der Waals surface area contributed by atoms with Crippen LogP contribution in [0.4, 0.5) is 8.78 Å². The van der Waals surface area contributed by atoms with Crippen molar-refractivity contribution in [1.82, 2.24) is 0 Å². The van der Waals surface area contributed by atoms with E-state index in [0.29, 0.717) is 0 Å². The molecule has 11 heavy (non-hydrogen) atoms. The van der Waals surface area contributed by atoms with E-state index in [1.165, 1.54) is 18.2 Å². The number of benzene rings is 1. The van der Waals surface area contributed by atoms with Gasteiger partial charge in [0.1, 0.15) is 0 Å². The maximum absolute atomic E-state index is 12.6. The fourth-order valence-electron chi connectivity index (χ4n) is 0.692. The second-order valence-electron chi connectivity index (χ2n) is 2.01. The van der Waals surface area contributed by atoms with Crippen LogP contribution in [0.1, 0.15) is 5.56 Å². The Bertz CT molecular complexity index is 221. The molecule has 0 aliphatic heterocycles. The van der Waals surface area contributed by atoms with Gasteiger partial charge in [0.2, 0.25) is 0 Å². The zero-order valence-corrected chi connectivity index (χ0v) is 5.97. The van der Waals surface area contributed by atoms with E-state index in [2.05, 4.69) is 10.8 Å². The molecule has 1 aromatic rings. The van der Waals surface area contributed by atoms with Gasteiger partial charge in [-0.3, -0.25) is 0 Å². The van der Waals surface area contributed by atoms with E-state index >= 15 is 0 Å². The topological polar surface area (TPSA) is 9.23 Å². The third kappa shape index (κ3) is 1.74. The molecule has 3 heteroatoms. The predicted molar refractivity (Wildman–Crippen MR) is 36.2 cm³/mol. The van der Waals surface area contributed by atoms with Crippen LogP contribution in [-0.2, 0) is 10.8 Å². The van der Waals surface area contributed by atoms with Crippen LogP contribution in [0.2, 0.25) is 0 Å². The van der Waals surface area contributed by atoms with Crippen LogP contribution >= 0.6 is 0 Å². The van der Waals surface area contributed by atoms with Crippen molar-refractivity contribution in [2.75, 3.05) is 7.11 Å². The summed E-state index contributed by atoms with van der Waals surface area (Å²) in [5.74, 6) is 0. The van der Waals surface area contributed by atoms with E-state index < -0.39 is 6.11 Å². The lowest BCUT2D eigenvalue weighted by atomic mass is 10.2. The molecule has 1 nitrogen and oxygen atoms in total. The summed E-state index contributed by atoms with van der Waals surface area (Å²) >= 11 is 0. The molecule has 1 aromatic carbocycles. The summed E-state index contributed by atoms with van der Waals surface area (Å²) in [4.78, 5) is 0. The van der Waals surface area contributed by atoms with Crippen molar-refractivity contribution in [3.63, 3.8) is 0 Å². The molecule has 0 bridgehead atoms. The molecule has 0 N–H and O–H groups in total. The van der Waals surface area contributed by atoms with Crippen molar-refractivity contribution in [3.8, 4) is 0 Å². The van der Waals surface area contributed by atoms with E-state index in [1.807, 2.05) is 0 Å². The van der Waals surface area contributed by atoms with Crippen molar-refractivity contribution in [1.29, 1.82) is 0 Å². The van der Waals surface area contributed by atoms with Crippen LogP contribution in [0.3, 0.4) is 0 Å². The van der Waals surface area contributed by atoms with Crippen molar-refractivity contribution >= 4 is 0 Å². The molecule has 0 aliphatic rings. The molecular weight excluding hydrogens is 150 g/mol. The van der Waals surface area contributed by atoms with Gasteiger partial charge >= 0.3 is 6.11 Å². The first-order valence-electron chi connectivity index (χ1n) is 3.06. The van der Waals surface area contributed by atoms with Crippen LogP contribution in [0.5, 0.6) is 0 Å². The molecule has 1 rings (SSSR count). The van der Waals surface area contributed by atoms with Crippen molar-refractivity contribution in [2.24, 2.45) is 0 Å². The summed E-state index contributed by atoms with van der Waals surface area (Å²) in [5, 5.41) is 0. The van der Waals surface area contributed by atoms with Gasteiger partial charge in [-0.05, 0) is 12.1 Å². The number of alkyl halides is 2. The van der Waals surface area contributed by atoms with Crippen molar-refractivity contribution in [2.45, 2.75) is 6.11 Å². The number of hydrogen-bond acceptors (Lipinski definition) is 1. The summed E-state index contributed by atoms with van der Waals surface area (Å²) in [5.41, 5.74) is -0.178. The Labute approximate surface area is 63.6 Å². The maximum atomic E-state index is 12.6. The predicted octanol–water partition coefficient (Wildman–Crippen LogP) is 2.18. The minimum absolute atomic E-state index is 0.178. The van der Waals surface area contributed by atoms with Crippen LogP contribution in [0.15, 0.2) is 24.3 Å². The fraction of sp³-hybridized carbons (Fsp3) is 0.250. The Morgan fingerprint density at radius 1 is 1.55 bits per heavy atom. The third-order valence-corrected chi connectivity index (χ3v) is 1.30. The molecule has 0 saturated heterocycles. The summed E-state index contributed by atoms with van der Waals surface area (Å²) < 4.78 is 29.3. The number of halogens is 2. The van der Waals surface area contributed by atoms with Crippen LogP contribution < -0.4 is 0 Å². The van der Waals surface area contributed by atoms with Gasteiger partial charge in [-0.2, -0.15) is 8.78 Å². The van der Waals surface area contributed by atoms with Crippen LogP contribution in [-0.4, -0.2) is 7.11 Å². The van der Waals surface area contributed by atoms with Crippen molar-refractivity contribution < 1.29 is 13.5 Å². The van der Waals surface area contributed by atoms with E-state index in [1.54, 1.807) is 6.07 Å². The highest BCUT2D eigenvalue weighted by Gasteiger charge is 2.30. The van der Waals surface area contributed by atoms with E-state index in [0.717, 1.165) is 7.11 Å². The zero-order valence-electron chi connectivity index (χ0n) is 5.97. The van der Waals surface area contributed by atoms with Crippen LogP contribution in [0.25, 0.3) is 0 Å². The molecule has 0 aromatic heterocycles. The number of rotatable bonds is 2. The molecule has 0 fully saturated rings. The SMILES string of the molecule is COC(F)(F)c1c[c]ccc1. The highest BCUT2D eigenvalue weighted by molar-refractivity contribution is 5.16. The van der Waals surface area contributed by atoms with Gasteiger partial charge in [-0.15, -0.1) is 0 Å². The molecule has 0 heterocycles. The summed E-state index contributed by atoms with van der Waals surface area (Å²) in [6.45, 7) is 0. The number of ether oxygens (including phenoxy) is 1. The monoisotopic (exact) mass is 157 g/mol. The average molecular weight is 157 g/mol. The standard InChI is InChI=1S/C8H7F2O/c1-11-8(9,10)7-5-3-2-4-6-7/h2-3,5-6H,1H3. The summed E-state index contributed by atoms with van der Waals surface area (Å²) in [7, 11) is 0.965. The smallest absolute Gasteiger partial charge is 0.320 e. The normalized spacial score (nSPS) is 11.5. The maximum Gasteiger partial charge on any atom is 0.383 e. The van der Waals surface area contributed by atoms with Crippen LogP contribution in [0, 0.1) is 6.07 Å². The zero-order chi connectivity index (χ0) is 8.32. The highest BCUT2D eigenvalue weighted by Crippen LogP contribution is 2.27. The second-order valence-corrected chi connectivity index (χ2v) is 2.01. The number of hydrogen-bond donors (Lipinski definition) is 0. The molecule has 59 valence electrons. The molecule has 1 radical (unpaired) electrons. The molecule has 0 unspecified atom stereocenters. The molecule has 0 atom stereocenters. The lowest BCUT2D eigenvalue weighted by molar-refractivity contribution is -0.231. The molecule has 0 spiro atoms. The first-order chi connectivity index (χ1) is 5.17. The van der Waals surface area contributed by atoms with Gasteiger partial charge in [0, 0.05) is 7.11 Å². The van der Waals surface area contributed by atoms with Gasteiger partial charge in [-0.1, -0.05) is 18.2 Å². The Hall–Kier alpha value is -0.960. The Morgan fingerprint density at radius 3 is 2.73 bits per heavy atom. The van der Waals surface area contributed by atoms with Gasteiger partial charge in [0.15, 0.2) is 0 Å².